The molecule has 6 heteroatoms. The van der Waals surface area contributed by atoms with Crippen LogP contribution < -0.4 is 16.0 Å². The normalized spacial score (nSPS) is 29.9. The first-order valence-electron chi connectivity index (χ1n) is 5.67. The van der Waals surface area contributed by atoms with Gasteiger partial charge in [-0.2, -0.15) is 0 Å². The number of piperidine rings is 1. The van der Waals surface area contributed by atoms with Crippen molar-refractivity contribution in [1.29, 1.82) is 0 Å². The highest BCUT2D eigenvalue weighted by atomic mass is 32.2. The van der Waals surface area contributed by atoms with Crippen molar-refractivity contribution in [3.05, 3.63) is 0 Å². The van der Waals surface area contributed by atoms with Crippen LogP contribution in [-0.4, -0.2) is 42.6 Å². The number of rotatable bonds is 3. The number of hydrogen-bond acceptors (Lipinski definition) is 4. The van der Waals surface area contributed by atoms with Gasteiger partial charge >= 0.3 is 0 Å². The van der Waals surface area contributed by atoms with E-state index in [9.17, 15) is 9.59 Å². The van der Waals surface area contributed by atoms with Crippen LogP contribution in [0.3, 0.4) is 0 Å². The number of amides is 2. The molecule has 0 saturated carbocycles. The zero-order valence-corrected chi connectivity index (χ0v) is 9.94. The van der Waals surface area contributed by atoms with Gasteiger partial charge in [0.2, 0.25) is 5.91 Å². The highest BCUT2D eigenvalue weighted by Crippen LogP contribution is 2.13. The predicted molar refractivity (Wildman–Crippen MR) is 63.4 cm³/mol. The van der Waals surface area contributed by atoms with Crippen molar-refractivity contribution >= 4 is 22.9 Å². The minimum absolute atomic E-state index is 0.0519. The largest absolute Gasteiger partial charge is 0.354 e. The van der Waals surface area contributed by atoms with Gasteiger partial charge in [0.15, 0.2) is 0 Å². The molecule has 16 heavy (non-hydrogen) atoms. The Labute approximate surface area is 99.1 Å². The Morgan fingerprint density at radius 2 is 2.44 bits per heavy atom. The van der Waals surface area contributed by atoms with Crippen molar-refractivity contribution in [2.24, 2.45) is 5.92 Å². The molecule has 2 aliphatic heterocycles. The predicted octanol–water partition coefficient (Wildman–Crippen LogP) is -0.0728. The van der Waals surface area contributed by atoms with Crippen LogP contribution in [-0.2, 0) is 4.79 Å². The van der Waals surface area contributed by atoms with Gasteiger partial charge in [0.25, 0.3) is 5.24 Å². The third-order valence-electron chi connectivity index (χ3n) is 2.95. The molecular weight excluding hydrogens is 226 g/mol. The molecule has 0 radical (unpaired) electrons. The molecule has 2 saturated heterocycles. The number of nitrogens with one attached hydrogen (secondary N) is 3. The van der Waals surface area contributed by atoms with E-state index in [4.69, 9.17) is 0 Å². The average molecular weight is 243 g/mol. The first-order chi connectivity index (χ1) is 7.75. The molecule has 1 unspecified atom stereocenters. The number of thioether (sulfide) groups is 1. The van der Waals surface area contributed by atoms with E-state index in [1.807, 2.05) is 0 Å². The molecule has 3 N–H and O–H groups in total. The molecular formula is C10H17N3O2S. The first kappa shape index (κ1) is 11.7. The van der Waals surface area contributed by atoms with Gasteiger partial charge in [-0.05, 0) is 31.8 Å². The SMILES string of the molecule is O=C1N[C@H](C(=O)NCC2CCCNC2)CS1. The molecule has 0 bridgehead atoms. The van der Waals surface area contributed by atoms with Gasteiger partial charge in [-0.25, -0.2) is 0 Å². The quantitative estimate of drug-likeness (QED) is 0.649. The van der Waals surface area contributed by atoms with Gasteiger partial charge in [0, 0.05) is 12.3 Å². The summed E-state index contributed by atoms with van der Waals surface area (Å²) >= 11 is 1.17. The zero-order chi connectivity index (χ0) is 11.4. The highest BCUT2D eigenvalue weighted by molar-refractivity contribution is 8.14. The summed E-state index contributed by atoms with van der Waals surface area (Å²) in [5.41, 5.74) is 0. The third-order valence-corrected chi connectivity index (χ3v) is 3.83. The maximum Gasteiger partial charge on any atom is 0.279 e. The first-order valence-corrected chi connectivity index (χ1v) is 6.66. The smallest absolute Gasteiger partial charge is 0.279 e. The number of hydrogen-bond donors (Lipinski definition) is 3. The Bertz CT molecular complexity index is 279. The van der Waals surface area contributed by atoms with E-state index in [0.29, 0.717) is 18.2 Å². The second-order valence-corrected chi connectivity index (χ2v) is 5.25. The molecule has 2 amide bonds. The fourth-order valence-electron chi connectivity index (χ4n) is 1.99. The summed E-state index contributed by atoms with van der Waals surface area (Å²) in [6, 6.07) is -0.339. The second kappa shape index (κ2) is 5.54. The van der Waals surface area contributed by atoms with E-state index in [1.165, 1.54) is 24.6 Å². The molecule has 0 aromatic heterocycles. The molecule has 0 aliphatic carbocycles. The molecule has 2 fully saturated rings. The average Bonchev–Trinajstić information content (AvgIpc) is 2.74. The van der Waals surface area contributed by atoms with E-state index in [2.05, 4.69) is 16.0 Å². The summed E-state index contributed by atoms with van der Waals surface area (Å²) in [6.45, 7) is 2.77. The maximum atomic E-state index is 11.7. The van der Waals surface area contributed by atoms with Crippen molar-refractivity contribution in [3.63, 3.8) is 0 Å². The van der Waals surface area contributed by atoms with Gasteiger partial charge in [-0.15, -0.1) is 0 Å². The van der Waals surface area contributed by atoms with Crippen LogP contribution >= 0.6 is 11.8 Å². The Hall–Kier alpha value is -0.750. The van der Waals surface area contributed by atoms with Crippen LogP contribution in [0.1, 0.15) is 12.8 Å². The van der Waals surface area contributed by atoms with E-state index >= 15 is 0 Å². The summed E-state index contributed by atoms with van der Waals surface area (Å²) in [5, 5.41) is 8.76. The van der Waals surface area contributed by atoms with E-state index in [0.717, 1.165) is 13.1 Å². The lowest BCUT2D eigenvalue weighted by molar-refractivity contribution is -0.122. The van der Waals surface area contributed by atoms with Gasteiger partial charge < -0.3 is 16.0 Å². The maximum absolute atomic E-state index is 11.7. The van der Waals surface area contributed by atoms with Crippen LogP contribution in [0.5, 0.6) is 0 Å². The second-order valence-electron chi connectivity index (χ2n) is 4.25. The van der Waals surface area contributed by atoms with E-state index < -0.39 is 0 Å². The van der Waals surface area contributed by atoms with Gasteiger partial charge in [0.1, 0.15) is 6.04 Å². The fraction of sp³-hybridized carbons (Fsp3) is 0.800. The van der Waals surface area contributed by atoms with Gasteiger partial charge in [-0.3, -0.25) is 9.59 Å². The summed E-state index contributed by atoms with van der Waals surface area (Å²) in [6.07, 6.45) is 2.34. The molecule has 0 aromatic carbocycles. The lowest BCUT2D eigenvalue weighted by atomic mass is 10.00. The summed E-state index contributed by atoms with van der Waals surface area (Å²) in [4.78, 5) is 22.6. The summed E-state index contributed by atoms with van der Waals surface area (Å²) < 4.78 is 0. The van der Waals surface area contributed by atoms with Crippen molar-refractivity contribution in [1.82, 2.24) is 16.0 Å². The Morgan fingerprint density at radius 3 is 3.06 bits per heavy atom. The zero-order valence-electron chi connectivity index (χ0n) is 9.12. The van der Waals surface area contributed by atoms with Crippen molar-refractivity contribution < 1.29 is 9.59 Å². The number of carbonyl (C=O) groups excluding carboxylic acids is 2. The van der Waals surface area contributed by atoms with Gasteiger partial charge in [-0.1, -0.05) is 11.8 Å². The van der Waals surface area contributed by atoms with Crippen LogP contribution in [0.25, 0.3) is 0 Å². The van der Waals surface area contributed by atoms with Crippen molar-refractivity contribution in [3.8, 4) is 0 Å². The van der Waals surface area contributed by atoms with Crippen LogP contribution in [0, 0.1) is 5.92 Å². The van der Waals surface area contributed by atoms with Crippen LogP contribution in [0.4, 0.5) is 4.79 Å². The molecule has 2 rings (SSSR count). The molecule has 2 aliphatic rings. The van der Waals surface area contributed by atoms with Crippen LogP contribution in [0.15, 0.2) is 0 Å². The fourth-order valence-corrected chi connectivity index (χ4v) is 2.77. The minimum Gasteiger partial charge on any atom is -0.354 e. The topological polar surface area (TPSA) is 70.2 Å². The standard InChI is InChI=1S/C10H17N3O2S/c14-9(8-6-16-10(15)13-8)12-5-7-2-1-3-11-4-7/h7-8,11H,1-6H2,(H,12,14)(H,13,15)/t7?,8-/m0/s1. The minimum atomic E-state index is -0.339. The lowest BCUT2D eigenvalue weighted by Crippen LogP contribution is -2.46. The molecule has 5 nitrogen and oxygen atoms in total. The molecule has 0 aromatic rings. The molecule has 90 valence electrons. The summed E-state index contributed by atoms with van der Waals surface area (Å²) in [5.74, 6) is 1.03. The van der Waals surface area contributed by atoms with Crippen LogP contribution in [0.2, 0.25) is 0 Å². The lowest BCUT2D eigenvalue weighted by Gasteiger charge is -2.23. The van der Waals surface area contributed by atoms with Crippen molar-refractivity contribution in [2.75, 3.05) is 25.4 Å². The highest BCUT2D eigenvalue weighted by Gasteiger charge is 2.28. The Morgan fingerprint density at radius 1 is 1.56 bits per heavy atom. The van der Waals surface area contributed by atoms with Crippen molar-refractivity contribution in [2.45, 2.75) is 18.9 Å². The molecule has 0 spiro atoms. The molecule has 2 heterocycles. The van der Waals surface area contributed by atoms with E-state index in [-0.39, 0.29) is 17.2 Å². The Kier molecular flexibility index (Phi) is 4.06. The monoisotopic (exact) mass is 243 g/mol. The molecule has 2 atom stereocenters. The van der Waals surface area contributed by atoms with Gasteiger partial charge in [0.05, 0.1) is 0 Å². The number of carbonyl (C=O) groups is 2. The Balaban J connectivity index is 1.68. The summed E-state index contributed by atoms with van der Waals surface area (Å²) in [7, 11) is 0. The third kappa shape index (κ3) is 3.12. The van der Waals surface area contributed by atoms with E-state index in [1.54, 1.807) is 0 Å².